The molecule has 0 saturated heterocycles. The second-order valence-electron chi connectivity index (χ2n) is 5.04. The van der Waals surface area contributed by atoms with Gasteiger partial charge in [0.1, 0.15) is 5.82 Å². The SMILES string of the molecule is Cc1cc(F)ccc1CC1CCC(O)C1C. The third-order valence-corrected chi connectivity index (χ3v) is 3.97. The summed E-state index contributed by atoms with van der Waals surface area (Å²) >= 11 is 0. The first-order chi connectivity index (χ1) is 7.58. The molecule has 3 unspecified atom stereocenters. The molecule has 0 aliphatic heterocycles. The van der Waals surface area contributed by atoms with Gasteiger partial charge in [0.25, 0.3) is 0 Å². The van der Waals surface area contributed by atoms with Gasteiger partial charge in [0, 0.05) is 0 Å². The summed E-state index contributed by atoms with van der Waals surface area (Å²) in [6.07, 6.45) is 2.81. The largest absolute Gasteiger partial charge is 0.393 e. The Bertz CT molecular complexity index is 375. The Hall–Kier alpha value is -0.890. The second-order valence-corrected chi connectivity index (χ2v) is 5.04. The van der Waals surface area contributed by atoms with E-state index in [1.165, 1.54) is 11.6 Å². The summed E-state index contributed by atoms with van der Waals surface area (Å²) in [5, 5.41) is 9.70. The van der Waals surface area contributed by atoms with Gasteiger partial charge in [-0.25, -0.2) is 4.39 Å². The smallest absolute Gasteiger partial charge is 0.123 e. The Morgan fingerprint density at radius 2 is 2.12 bits per heavy atom. The van der Waals surface area contributed by atoms with E-state index >= 15 is 0 Å². The van der Waals surface area contributed by atoms with Crippen LogP contribution in [0.15, 0.2) is 18.2 Å². The Labute approximate surface area is 96.3 Å². The van der Waals surface area contributed by atoms with E-state index in [2.05, 4.69) is 6.92 Å². The minimum absolute atomic E-state index is 0.147. The molecular formula is C14H19FO. The zero-order valence-electron chi connectivity index (χ0n) is 9.91. The molecule has 0 bridgehead atoms. The van der Waals surface area contributed by atoms with Crippen molar-refractivity contribution in [2.75, 3.05) is 0 Å². The van der Waals surface area contributed by atoms with E-state index in [1.807, 2.05) is 13.0 Å². The van der Waals surface area contributed by atoms with Gasteiger partial charge in [-0.05, 0) is 61.3 Å². The van der Waals surface area contributed by atoms with Crippen molar-refractivity contribution in [2.24, 2.45) is 11.8 Å². The number of hydrogen-bond acceptors (Lipinski definition) is 1. The molecule has 1 aromatic rings. The van der Waals surface area contributed by atoms with Crippen molar-refractivity contribution < 1.29 is 9.50 Å². The quantitative estimate of drug-likeness (QED) is 0.815. The molecule has 2 heteroatoms. The Morgan fingerprint density at radius 1 is 1.38 bits per heavy atom. The zero-order valence-corrected chi connectivity index (χ0v) is 9.91. The fraction of sp³-hybridized carbons (Fsp3) is 0.571. The van der Waals surface area contributed by atoms with Crippen molar-refractivity contribution in [1.29, 1.82) is 0 Å². The molecular weight excluding hydrogens is 203 g/mol. The predicted molar refractivity (Wildman–Crippen MR) is 62.7 cm³/mol. The van der Waals surface area contributed by atoms with E-state index in [0.717, 1.165) is 24.8 Å². The first kappa shape index (κ1) is 11.6. The summed E-state index contributed by atoms with van der Waals surface area (Å²) in [7, 11) is 0. The van der Waals surface area contributed by atoms with Crippen LogP contribution in [0.5, 0.6) is 0 Å². The summed E-state index contributed by atoms with van der Waals surface area (Å²) in [6, 6.07) is 4.99. The summed E-state index contributed by atoms with van der Waals surface area (Å²) in [5.41, 5.74) is 2.24. The van der Waals surface area contributed by atoms with Crippen molar-refractivity contribution in [2.45, 2.75) is 39.2 Å². The van der Waals surface area contributed by atoms with Gasteiger partial charge in [-0.15, -0.1) is 0 Å². The van der Waals surface area contributed by atoms with Crippen molar-refractivity contribution >= 4 is 0 Å². The first-order valence-electron chi connectivity index (χ1n) is 6.01. The Balaban J connectivity index is 2.09. The molecule has 2 rings (SSSR count). The number of hydrogen-bond donors (Lipinski definition) is 1. The van der Waals surface area contributed by atoms with Gasteiger partial charge < -0.3 is 5.11 Å². The van der Waals surface area contributed by atoms with Crippen LogP contribution in [0, 0.1) is 24.6 Å². The number of aryl methyl sites for hydroxylation is 1. The van der Waals surface area contributed by atoms with Crippen LogP contribution in [-0.2, 0) is 6.42 Å². The average Bonchev–Trinajstić information content (AvgIpc) is 2.54. The molecule has 16 heavy (non-hydrogen) atoms. The Morgan fingerprint density at radius 3 is 2.69 bits per heavy atom. The molecule has 0 aromatic heterocycles. The molecule has 0 spiro atoms. The van der Waals surface area contributed by atoms with E-state index in [4.69, 9.17) is 0 Å². The van der Waals surface area contributed by atoms with Crippen molar-refractivity contribution in [3.63, 3.8) is 0 Å². The fourth-order valence-electron chi connectivity index (χ4n) is 2.68. The molecule has 1 fully saturated rings. The van der Waals surface area contributed by atoms with Gasteiger partial charge in [-0.2, -0.15) is 0 Å². The highest BCUT2D eigenvalue weighted by Crippen LogP contribution is 2.34. The fourth-order valence-corrected chi connectivity index (χ4v) is 2.68. The van der Waals surface area contributed by atoms with E-state index in [1.54, 1.807) is 6.07 Å². The highest BCUT2D eigenvalue weighted by atomic mass is 19.1. The molecule has 1 N–H and O–H groups in total. The van der Waals surface area contributed by atoms with Crippen molar-refractivity contribution in [1.82, 2.24) is 0 Å². The molecule has 1 aliphatic rings. The number of halogens is 1. The predicted octanol–water partition coefficient (Wildman–Crippen LogP) is 3.08. The van der Waals surface area contributed by atoms with Crippen molar-refractivity contribution in [3.05, 3.63) is 35.1 Å². The van der Waals surface area contributed by atoms with Gasteiger partial charge >= 0.3 is 0 Å². The van der Waals surface area contributed by atoms with Crippen LogP contribution >= 0.6 is 0 Å². The second kappa shape index (κ2) is 4.54. The number of benzene rings is 1. The van der Waals surface area contributed by atoms with E-state index < -0.39 is 0 Å². The summed E-state index contributed by atoms with van der Waals surface area (Å²) in [6.45, 7) is 4.07. The summed E-state index contributed by atoms with van der Waals surface area (Å²) in [4.78, 5) is 0. The number of aliphatic hydroxyl groups is 1. The van der Waals surface area contributed by atoms with Crippen molar-refractivity contribution in [3.8, 4) is 0 Å². The van der Waals surface area contributed by atoms with Gasteiger partial charge in [-0.1, -0.05) is 13.0 Å². The van der Waals surface area contributed by atoms with Gasteiger partial charge in [0.2, 0.25) is 0 Å². The van der Waals surface area contributed by atoms with Crippen LogP contribution < -0.4 is 0 Å². The van der Waals surface area contributed by atoms with Crippen LogP contribution in [0.4, 0.5) is 4.39 Å². The zero-order chi connectivity index (χ0) is 11.7. The van der Waals surface area contributed by atoms with E-state index in [0.29, 0.717) is 11.8 Å². The van der Waals surface area contributed by atoms with Crippen LogP contribution in [0.25, 0.3) is 0 Å². The van der Waals surface area contributed by atoms with E-state index in [9.17, 15) is 9.50 Å². The van der Waals surface area contributed by atoms with Gasteiger partial charge in [0.05, 0.1) is 6.10 Å². The van der Waals surface area contributed by atoms with Crippen LogP contribution in [0.3, 0.4) is 0 Å². The average molecular weight is 222 g/mol. The molecule has 1 aliphatic carbocycles. The lowest BCUT2D eigenvalue weighted by Crippen LogP contribution is -2.17. The normalized spacial score (nSPS) is 29.6. The third-order valence-electron chi connectivity index (χ3n) is 3.97. The summed E-state index contributed by atoms with van der Waals surface area (Å²) < 4.78 is 13.0. The highest BCUT2D eigenvalue weighted by molar-refractivity contribution is 5.27. The van der Waals surface area contributed by atoms with E-state index in [-0.39, 0.29) is 11.9 Å². The van der Waals surface area contributed by atoms with Gasteiger partial charge in [0.15, 0.2) is 0 Å². The lowest BCUT2D eigenvalue weighted by molar-refractivity contribution is 0.127. The van der Waals surface area contributed by atoms with Gasteiger partial charge in [-0.3, -0.25) is 0 Å². The van der Waals surface area contributed by atoms with Crippen LogP contribution in [0.1, 0.15) is 30.9 Å². The molecule has 1 saturated carbocycles. The topological polar surface area (TPSA) is 20.2 Å². The number of rotatable bonds is 2. The maximum atomic E-state index is 13.0. The minimum Gasteiger partial charge on any atom is -0.393 e. The monoisotopic (exact) mass is 222 g/mol. The molecule has 0 heterocycles. The third kappa shape index (κ3) is 2.27. The molecule has 0 radical (unpaired) electrons. The maximum Gasteiger partial charge on any atom is 0.123 e. The lowest BCUT2D eigenvalue weighted by atomic mass is 9.89. The molecule has 1 aromatic carbocycles. The first-order valence-corrected chi connectivity index (χ1v) is 6.01. The molecule has 1 nitrogen and oxygen atoms in total. The molecule has 88 valence electrons. The highest BCUT2D eigenvalue weighted by Gasteiger charge is 2.31. The maximum absolute atomic E-state index is 13.0. The van der Waals surface area contributed by atoms with Crippen LogP contribution in [-0.4, -0.2) is 11.2 Å². The molecule has 0 amide bonds. The summed E-state index contributed by atoms with van der Waals surface area (Å²) in [5.74, 6) is 0.740. The molecule has 3 atom stereocenters. The standard InChI is InChI=1S/C14H19FO/c1-9-7-13(15)5-3-11(9)8-12-4-6-14(16)10(12)2/h3,5,7,10,12,14,16H,4,6,8H2,1-2H3. The minimum atomic E-state index is -0.166. The van der Waals surface area contributed by atoms with Crippen LogP contribution in [0.2, 0.25) is 0 Å². The number of aliphatic hydroxyl groups excluding tert-OH is 1. The Kier molecular flexibility index (Phi) is 3.29. The lowest BCUT2D eigenvalue weighted by Gasteiger charge is -2.18.